The van der Waals surface area contributed by atoms with Gasteiger partial charge in [0.1, 0.15) is 0 Å². The first-order valence-electron chi connectivity index (χ1n) is 6.13. The largest absolute Gasteiger partial charge is 0.310 e. The fourth-order valence-electron chi connectivity index (χ4n) is 2.90. The zero-order chi connectivity index (χ0) is 9.97. The summed E-state index contributed by atoms with van der Waals surface area (Å²) in [4.78, 5) is 0. The third-order valence-electron chi connectivity index (χ3n) is 3.80. The van der Waals surface area contributed by atoms with Gasteiger partial charge >= 0.3 is 0 Å². The topological polar surface area (TPSA) is 12.0 Å². The van der Waals surface area contributed by atoms with E-state index in [0.29, 0.717) is 0 Å². The van der Waals surface area contributed by atoms with Crippen molar-refractivity contribution in [2.24, 2.45) is 5.92 Å². The van der Waals surface area contributed by atoms with Crippen LogP contribution in [0.1, 0.15) is 46.0 Å². The normalized spacial score (nSPS) is 36.4. The molecule has 1 heterocycles. The summed E-state index contributed by atoms with van der Waals surface area (Å²) in [6.07, 6.45) is 7.23. The molecule has 1 nitrogen and oxygen atoms in total. The molecule has 0 spiro atoms. The third-order valence-corrected chi connectivity index (χ3v) is 5.16. The van der Waals surface area contributed by atoms with E-state index < -0.39 is 0 Å². The highest BCUT2D eigenvalue weighted by atomic mass is 32.2. The molecule has 1 aliphatic heterocycles. The Morgan fingerprint density at radius 2 is 2.00 bits per heavy atom. The summed E-state index contributed by atoms with van der Waals surface area (Å²) in [5.41, 5.74) is 0. The number of rotatable bonds is 3. The molecule has 1 saturated carbocycles. The van der Waals surface area contributed by atoms with Crippen LogP contribution in [0, 0.1) is 5.92 Å². The van der Waals surface area contributed by atoms with Gasteiger partial charge in [0.2, 0.25) is 0 Å². The molecule has 82 valence electrons. The van der Waals surface area contributed by atoms with E-state index in [9.17, 15) is 0 Å². The first kappa shape index (κ1) is 10.8. The monoisotopic (exact) mass is 213 g/mol. The number of thioether (sulfide) groups is 1. The standard InChI is InChI=1S/C12H23NS/c1-9-7-12(8-14-9)13-10(2)11-5-3-4-6-11/h9-13H,3-8H2,1-2H3. The first-order valence-corrected chi connectivity index (χ1v) is 7.18. The number of hydrogen-bond acceptors (Lipinski definition) is 2. The molecule has 0 radical (unpaired) electrons. The second kappa shape index (κ2) is 4.89. The number of nitrogens with one attached hydrogen (secondary N) is 1. The summed E-state index contributed by atoms with van der Waals surface area (Å²) in [6.45, 7) is 4.75. The Morgan fingerprint density at radius 3 is 2.57 bits per heavy atom. The molecular weight excluding hydrogens is 190 g/mol. The van der Waals surface area contributed by atoms with Crippen molar-refractivity contribution in [2.75, 3.05) is 5.75 Å². The highest BCUT2D eigenvalue weighted by Crippen LogP contribution is 2.30. The highest BCUT2D eigenvalue weighted by molar-refractivity contribution is 8.00. The second-order valence-corrected chi connectivity index (χ2v) is 6.55. The van der Waals surface area contributed by atoms with E-state index in [0.717, 1.165) is 23.3 Å². The van der Waals surface area contributed by atoms with Crippen LogP contribution in [0.2, 0.25) is 0 Å². The van der Waals surface area contributed by atoms with Gasteiger partial charge in [0.25, 0.3) is 0 Å². The Balaban J connectivity index is 1.73. The average Bonchev–Trinajstić information content (AvgIpc) is 2.75. The number of hydrogen-bond donors (Lipinski definition) is 1. The molecule has 1 N–H and O–H groups in total. The van der Waals surface area contributed by atoms with Gasteiger partial charge in [0, 0.05) is 23.1 Å². The van der Waals surface area contributed by atoms with Gasteiger partial charge in [-0.05, 0) is 32.1 Å². The van der Waals surface area contributed by atoms with Crippen molar-refractivity contribution in [1.82, 2.24) is 5.32 Å². The fraction of sp³-hybridized carbons (Fsp3) is 1.00. The lowest BCUT2D eigenvalue weighted by Gasteiger charge is -2.24. The van der Waals surface area contributed by atoms with E-state index in [4.69, 9.17) is 0 Å². The molecule has 0 bridgehead atoms. The van der Waals surface area contributed by atoms with Crippen LogP contribution in [0.4, 0.5) is 0 Å². The molecule has 1 saturated heterocycles. The third kappa shape index (κ3) is 2.66. The van der Waals surface area contributed by atoms with Crippen LogP contribution in [0.3, 0.4) is 0 Å². The predicted octanol–water partition coefficient (Wildman–Crippen LogP) is 3.05. The minimum atomic E-state index is 0.758. The van der Waals surface area contributed by atoms with Crippen molar-refractivity contribution in [3.05, 3.63) is 0 Å². The molecule has 2 rings (SSSR count). The predicted molar refractivity (Wildman–Crippen MR) is 64.9 cm³/mol. The first-order chi connectivity index (χ1) is 6.75. The van der Waals surface area contributed by atoms with Gasteiger partial charge in [-0.3, -0.25) is 0 Å². The molecule has 14 heavy (non-hydrogen) atoms. The van der Waals surface area contributed by atoms with Gasteiger partial charge < -0.3 is 5.32 Å². The van der Waals surface area contributed by atoms with Crippen LogP contribution in [-0.4, -0.2) is 23.1 Å². The Morgan fingerprint density at radius 1 is 1.29 bits per heavy atom. The molecule has 1 aliphatic carbocycles. The lowest BCUT2D eigenvalue weighted by atomic mass is 9.98. The average molecular weight is 213 g/mol. The van der Waals surface area contributed by atoms with Crippen molar-refractivity contribution < 1.29 is 0 Å². The summed E-state index contributed by atoms with van der Waals surface area (Å²) in [7, 11) is 0. The van der Waals surface area contributed by atoms with Gasteiger partial charge in [0.05, 0.1) is 0 Å². The zero-order valence-electron chi connectivity index (χ0n) is 9.46. The molecule has 0 aromatic rings. The van der Waals surface area contributed by atoms with Crippen molar-refractivity contribution >= 4 is 11.8 Å². The molecule has 0 aromatic heterocycles. The Kier molecular flexibility index (Phi) is 3.78. The van der Waals surface area contributed by atoms with Crippen molar-refractivity contribution in [1.29, 1.82) is 0 Å². The molecule has 0 amide bonds. The lowest BCUT2D eigenvalue weighted by molar-refractivity contribution is 0.348. The lowest BCUT2D eigenvalue weighted by Crippen LogP contribution is -2.40. The molecule has 2 heteroatoms. The molecule has 3 atom stereocenters. The zero-order valence-corrected chi connectivity index (χ0v) is 10.3. The quantitative estimate of drug-likeness (QED) is 0.773. The minimum absolute atomic E-state index is 0.758. The van der Waals surface area contributed by atoms with E-state index in [1.54, 1.807) is 0 Å². The van der Waals surface area contributed by atoms with Gasteiger partial charge in [-0.15, -0.1) is 0 Å². The van der Waals surface area contributed by atoms with Crippen molar-refractivity contribution in [3.8, 4) is 0 Å². The van der Waals surface area contributed by atoms with Crippen LogP contribution in [0.5, 0.6) is 0 Å². The van der Waals surface area contributed by atoms with Crippen molar-refractivity contribution in [3.63, 3.8) is 0 Å². The van der Waals surface area contributed by atoms with Gasteiger partial charge in [-0.2, -0.15) is 11.8 Å². The van der Waals surface area contributed by atoms with Crippen LogP contribution in [-0.2, 0) is 0 Å². The SMILES string of the molecule is CC1CC(NC(C)C2CCCC2)CS1. The maximum Gasteiger partial charge on any atom is 0.0171 e. The second-order valence-electron chi connectivity index (χ2n) is 5.08. The van der Waals surface area contributed by atoms with E-state index >= 15 is 0 Å². The maximum absolute atomic E-state index is 3.83. The van der Waals surface area contributed by atoms with Crippen molar-refractivity contribution in [2.45, 2.75) is 63.3 Å². The van der Waals surface area contributed by atoms with E-state index in [-0.39, 0.29) is 0 Å². The van der Waals surface area contributed by atoms with Gasteiger partial charge in [0.15, 0.2) is 0 Å². The Hall–Kier alpha value is 0.310. The fourth-order valence-corrected chi connectivity index (χ4v) is 4.06. The Labute approximate surface area is 92.4 Å². The molecular formula is C12H23NS. The van der Waals surface area contributed by atoms with Gasteiger partial charge in [-0.1, -0.05) is 19.8 Å². The van der Waals surface area contributed by atoms with E-state index in [1.165, 1.54) is 37.9 Å². The van der Waals surface area contributed by atoms with Crippen LogP contribution in [0.15, 0.2) is 0 Å². The molecule has 3 unspecified atom stereocenters. The molecule has 0 aromatic carbocycles. The van der Waals surface area contributed by atoms with Crippen LogP contribution in [0.25, 0.3) is 0 Å². The summed E-state index contributed by atoms with van der Waals surface area (Å²) in [5.74, 6) is 2.30. The van der Waals surface area contributed by atoms with E-state index in [2.05, 4.69) is 30.9 Å². The minimum Gasteiger partial charge on any atom is -0.310 e. The maximum atomic E-state index is 3.83. The highest BCUT2D eigenvalue weighted by Gasteiger charge is 2.27. The summed E-state index contributed by atoms with van der Waals surface area (Å²) in [5, 5.41) is 4.71. The van der Waals surface area contributed by atoms with E-state index in [1.807, 2.05) is 0 Å². The van der Waals surface area contributed by atoms with Crippen LogP contribution < -0.4 is 5.32 Å². The van der Waals surface area contributed by atoms with Gasteiger partial charge in [-0.25, -0.2) is 0 Å². The Bertz CT molecular complexity index is 177. The molecule has 2 fully saturated rings. The van der Waals surface area contributed by atoms with Crippen LogP contribution >= 0.6 is 11.8 Å². The smallest absolute Gasteiger partial charge is 0.0171 e. The summed E-state index contributed by atoms with van der Waals surface area (Å²) >= 11 is 2.13. The molecule has 2 aliphatic rings. The summed E-state index contributed by atoms with van der Waals surface area (Å²) in [6, 6.07) is 1.55. The summed E-state index contributed by atoms with van der Waals surface area (Å²) < 4.78 is 0.